The van der Waals surface area contributed by atoms with Crippen LogP contribution in [0.3, 0.4) is 0 Å². The standard InChI is InChI=1S/C23H36N4O4S/c1-31-22-10-8-21(9-11-22)24-15-17-25(18-16-24)23(28)20-7-6-14-27(19-20)32(29,30)26-12-4-2-3-5-13-26/h8-11,20H,2-7,12-19H2,1H3. The Kier molecular flexibility index (Phi) is 7.58. The maximum atomic E-state index is 13.2. The summed E-state index contributed by atoms with van der Waals surface area (Å²) in [7, 11) is -1.82. The number of nitrogens with zero attached hydrogens (tertiary/aromatic N) is 4. The zero-order valence-electron chi connectivity index (χ0n) is 19.1. The number of benzene rings is 1. The average Bonchev–Trinajstić information content (AvgIpc) is 3.14. The lowest BCUT2D eigenvalue weighted by Crippen LogP contribution is -2.54. The number of hydrogen-bond acceptors (Lipinski definition) is 5. The lowest BCUT2D eigenvalue weighted by atomic mass is 9.97. The molecule has 1 amide bonds. The summed E-state index contributed by atoms with van der Waals surface area (Å²) < 4.78 is 34.8. The second kappa shape index (κ2) is 10.4. The molecule has 0 bridgehead atoms. The second-order valence-corrected chi connectivity index (χ2v) is 11.0. The van der Waals surface area contributed by atoms with E-state index in [2.05, 4.69) is 4.90 Å². The molecule has 3 aliphatic heterocycles. The number of rotatable bonds is 5. The van der Waals surface area contributed by atoms with Gasteiger partial charge in [0.1, 0.15) is 5.75 Å². The minimum absolute atomic E-state index is 0.107. The molecule has 0 spiro atoms. The number of piperidine rings is 1. The molecule has 0 saturated carbocycles. The fraction of sp³-hybridized carbons (Fsp3) is 0.696. The molecule has 1 aromatic carbocycles. The van der Waals surface area contributed by atoms with Crippen LogP contribution < -0.4 is 9.64 Å². The van der Waals surface area contributed by atoms with E-state index in [1.807, 2.05) is 29.2 Å². The average molecular weight is 465 g/mol. The summed E-state index contributed by atoms with van der Waals surface area (Å²) in [4.78, 5) is 17.4. The molecule has 3 saturated heterocycles. The van der Waals surface area contributed by atoms with Crippen LogP contribution in [0.1, 0.15) is 38.5 Å². The molecule has 0 aromatic heterocycles. The summed E-state index contributed by atoms with van der Waals surface area (Å²) in [6.45, 7) is 4.93. The van der Waals surface area contributed by atoms with Gasteiger partial charge in [-0.25, -0.2) is 0 Å². The van der Waals surface area contributed by atoms with Crippen molar-refractivity contribution in [1.29, 1.82) is 0 Å². The van der Waals surface area contributed by atoms with Gasteiger partial charge in [0, 0.05) is 58.0 Å². The second-order valence-electron chi connectivity index (χ2n) is 9.03. The predicted octanol–water partition coefficient (Wildman–Crippen LogP) is 2.18. The Labute approximate surface area is 192 Å². The van der Waals surface area contributed by atoms with Gasteiger partial charge in [0.25, 0.3) is 10.2 Å². The maximum absolute atomic E-state index is 13.2. The molecule has 8 nitrogen and oxygen atoms in total. The van der Waals surface area contributed by atoms with Gasteiger partial charge in [0.2, 0.25) is 5.91 Å². The molecule has 3 fully saturated rings. The van der Waals surface area contributed by atoms with Crippen molar-refractivity contribution in [3.8, 4) is 5.75 Å². The van der Waals surface area contributed by atoms with Crippen molar-refractivity contribution in [2.24, 2.45) is 5.92 Å². The lowest BCUT2D eigenvalue weighted by molar-refractivity contribution is -0.137. The van der Waals surface area contributed by atoms with E-state index in [0.717, 1.165) is 63.1 Å². The molecule has 1 aromatic rings. The van der Waals surface area contributed by atoms with Crippen molar-refractivity contribution in [2.45, 2.75) is 38.5 Å². The third kappa shape index (κ3) is 5.21. The molecule has 0 aliphatic carbocycles. The molecule has 0 N–H and O–H groups in total. The van der Waals surface area contributed by atoms with Crippen molar-refractivity contribution >= 4 is 21.8 Å². The third-order valence-electron chi connectivity index (χ3n) is 6.98. The van der Waals surface area contributed by atoms with Gasteiger partial charge < -0.3 is 14.5 Å². The van der Waals surface area contributed by atoms with E-state index in [4.69, 9.17) is 4.74 Å². The first-order valence-electron chi connectivity index (χ1n) is 11.9. The van der Waals surface area contributed by atoms with Gasteiger partial charge in [-0.1, -0.05) is 12.8 Å². The highest BCUT2D eigenvalue weighted by Gasteiger charge is 2.37. The number of amides is 1. The van der Waals surface area contributed by atoms with Crippen LogP contribution in [-0.2, 0) is 15.0 Å². The fourth-order valence-corrected chi connectivity index (χ4v) is 6.80. The first kappa shape index (κ1) is 23.3. The van der Waals surface area contributed by atoms with E-state index in [0.29, 0.717) is 39.3 Å². The Bertz CT molecular complexity index is 860. The number of piperazine rings is 1. The van der Waals surface area contributed by atoms with Crippen molar-refractivity contribution < 1.29 is 17.9 Å². The highest BCUT2D eigenvalue weighted by molar-refractivity contribution is 7.86. The summed E-state index contributed by atoms with van der Waals surface area (Å²) >= 11 is 0. The highest BCUT2D eigenvalue weighted by atomic mass is 32.2. The molecule has 1 atom stereocenters. The Morgan fingerprint density at radius 3 is 2.09 bits per heavy atom. The third-order valence-corrected chi connectivity index (χ3v) is 8.98. The normalized spacial score (nSPS) is 24.2. The zero-order chi connectivity index (χ0) is 22.6. The SMILES string of the molecule is COc1ccc(N2CCN(C(=O)C3CCCN(S(=O)(=O)N4CCCCCC4)C3)CC2)cc1. The molecule has 178 valence electrons. The minimum atomic E-state index is -3.48. The number of methoxy groups -OCH3 is 1. The quantitative estimate of drug-likeness (QED) is 0.668. The first-order valence-corrected chi connectivity index (χ1v) is 13.3. The van der Waals surface area contributed by atoms with Gasteiger partial charge in [-0.15, -0.1) is 0 Å². The molecular formula is C23H36N4O4S. The lowest BCUT2D eigenvalue weighted by Gasteiger charge is -2.40. The summed E-state index contributed by atoms with van der Waals surface area (Å²) in [6, 6.07) is 7.99. The monoisotopic (exact) mass is 464 g/mol. The van der Waals surface area contributed by atoms with Crippen LogP contribution in [0.25, 0.3) is 0 Å². The smallest absolute Gasteiger partial charge is 0.281 e. The number of anilines is 1. The number of carbonyl (C=O) groups excluding carboxylic acids is 1. The zero-order valence-corrected chi connectivity index (χ0v) is 19.9. The van der Waals surface area contributed by atoms with Crippen LogP contribution in [-0.4, -0.2) is 87.3 Å². The van der Waals surface area contributed by atoms with Gasteiger partial charge in [0.05, 0.1) is 13.0 Å². The largest absolute Gasteiger partial charge is 0.497 e. The molecule has 3 aliphatic rings. The topological polar surface area (TPSA) is 73.4 Å². The Morgan fingerprint density at radius 1 is 0.844 bits per heavy atom. The Hall–Kier alpha value is -1.84. The van der Waals surface area contributed by atoms with Crippen LogP contribution >= 0.6 is 0 Å². The molecule has 3 heterocycles. The summed E-state index contributed by atoms with van der Waals surface area (Å²) in [5.74, 6) is 0.702. The number of hydrogen-bond donors (Lipinski definition) is 0. The minimum Gasteiger partial charge on any atom is -0.497 e. The van der Waals surface area contributed by atoms with Gasteiger partial charge >= 0.3 is 0 Å². The van der Waals surface area contributed by atoms with Gasteiger partial charge in [-0.3, -0.25) is 4.79 Å². The first-order chi connectivity index (χ1) is 15.5. The van der Waals surface area contributed by atoms with Crippen molar-refractivity contribution in [1.82, 2.24) is 13.5 Å². The fourth-order valence-electron chi connectivity index (χ4n) is 5.03. The van der Waals surface area contributed by atoms with Crippen molar-refractivity contribution in [2.75, 3.05) is 64.4 Å². The van der Waals surface area contributed by atoms with Gasteiger partial charge in [0.15, 0.2) is 0 Å². The molecule has 32 heavy (non-hydrogen) atoms. The van der Waals surface area contributed by atoms with E-state index in [1.54, 1.807) is 15.7 Å². The van der Waals surface area contributed by atoms with E-state index in [1.165, 1.54) is 0 Å². The summed E-state index contributed by atoms with van der Waals surface area (Å²) in [5.41, 5.74) is 1.13. The van der Waals surface area contributed by atoms with Crippen LogP contribution in [0.2, 0.25) is 0 Å². The van der Waals surface area contributed by atoms with Gasteiger partial charge in [-0.2, -0.15) is 17.0 Å². The number of ether oxygens (including phenoxy) is 1. The van der Waals surface area contributed by atoms with Crippen molar-refractivity contribution in [3.63, 3.8) is 0 Å². The Morgan fingerprint density at radius 2 is 1.47 bits per heavy atom. The molecule has 1 unspecified atom stereocenters. The van der Waals surface area contributed by atoms with E-state index < -0.39 is 10.2 Å². The predicted molar refractivity (Wildman–Crippen MR) is 125 cm³/mol. The molecule has 9 heteroatoms. The van der Waals surface area contributed by atoms with E-state index >= 15 is 0 Å². The molecule has 4 rings (SSSR count). The van der Waals surface area contributed by atoms with E-state index in [-0.39, 0.29) is 11.8 Å². The van der Waals surface area contributed by atoms with Crippen LogP contribution in [0.15, 0.2) is 24.3 Å². The summed E-state index contributed by atoms with van der Waals surface area (Å²) in [6.07, 6.45) is 5.55. The molecular weight excluding hydrogens is 428 g/mol. The Balaban J connectivity index is 1.33. The van der Waals surface area contributed by atoms with E-state index in [9.17, 15) is 13.2 Å². The van der Waals surface area contributed by atoms with Crippen molar-refractivity contribution in [3.05, 3.63) is 24.3 Å². The van der Waals surface area contributed by atoms with Crippen LogP contribution in [0, 0.1) is 5.92 Å². The van der Waals surface area contributed by atoms with Crippen LogP contribution in [0.4, 0.5) is 5.69 Å². The molecule has 0 radical (unpaired) electrons. The van der Waals surface area contributed by atoms with Crippen LogP contribution in [0.5, 0.6) is 5.75 Å². The highest BCUT2D eigenvalue weighted by Crippen LogP contribution is 2.26. The maximum Gasteiger partial charge on any atom is 0.281 e. The summed E-state index contributed by atoms with van der Waals surface area (Å²) in [5, 5.41) is 0. The number of carbonyl (C=O) groups is 1. The van der Waals surface area contributed by atoms with Gasteiger partial charge in [-0.05, 0) is 49.9 Å².